The molecule has 0 radical (unpaired) electrons. The summed E-state index contributed by atoms with van der Waals surface area (Å²) in [5, 5.41) is 8.41. The number of aliphatic carboxylic acids is 1. The number of rotatable bonds is 3. The molecule has 1 rings (SSSR count). The fraction of sp³-hybridized carbons (Fsp3) is 0.833. The van der Waals surface area contributed by atoms with Crippen LogP contribution in [0.5, 0.6) is 0 Å². The van der Waals surface area contributed by atoms with Crippen LogP contribution in [0.1, 0.15) is 6.42 Å². The standard InChI is InChI=1S/C6H10O4/c1-9-6(2-5(7)8)3-10-4-6/h2-4H2,1H3,(H,7,8). The van der Waals surface area contributed by atoms with Gasteiger partial charge in [-0.2, -0.15) is 0 Å². The molecular weight excluding hydrogens is 136 g/mol. The summed E-state index contributed by atoms with van der Waals surface area (Å²) in [6.07, 6.45) is 0.0312. The van der Waals surface area contributed by atoms with Crippen molar-refractivity contribution in [1.29, 1.82) is 0 Å². The van der Waals surface area contributed by atoms with Crippen LogP contribution in [0, 0.1) is 0 Å². The molecule has 0 unspecified atom stereocenters. The molecule has 4 heteroatoms. The number of hydrogen-bond acceptors (Lipinski definition) is 3. The highest BCUT2D eigenvalue weighted by Gasteiger charge is 2.40. The van der Waals surface area contributed by atoms with Gasteiger partial charge in [0, 0.05) is 7.11 Å². The molecule has 0 saturated carbocycles. The Hall–Kier alpha value is -0.610. The summed E-state index contributed by atoms with van der Waals surface area (Å²) < 4.78 is 9.82. The first-order valence-electron chi connectivity index (χ1n) is 3.03. The fourth-order valence-corrected chi connectivity index (χ4v) is 0.897. The van der Waals surface area contributed by atoms with E-state index in [1.54, 1.807) is 0 Å². The largest absolute Gasteiger partial charge is 0.481 e. The maximum absolute atomic E-state index is 10.2. The van der Waals surface area contributed by atoms with Crippen LogP contribution < -0.4 is 0 Å². The van der Waals surface area contributed by atoms with Crippen molar-refractivity contribution < 1.29 is 19.4 Å². The first-order valence-corrected chi connectivity index (χ1v) is 3.03. The second-order valence-corrected chi connectivity index (χ2v) is 2.45. The van der Waals surface area contributed by atoms with Crippen molar-refractivity contribution >= 4 is 5.97 Å². The zero-order chi connectivity index (χ0) is 7.61. The number of methoxy groups -OCH3 is 1. The summed E-state index contributed by atoms with van der Waals surface area (Å²) in [5.41, 5.74) is -0.536. The number of carboxylic acids is 1. The SMILES string of the molecule is COC1(CC(=O)O)COC1. The van der Waals surface area contributed by atoms with Crippen LogP contribution in [0.3, 0.4) is 0 Å². The molecule has 1 aliphatic rings. The van der Waals surface area contributed by atoms with Gasteiger partial charge < -0.3 is 14.6 Å². The first-order chi connectivity index (χ1) is 4.68. The third-order valence-corrected chi connectivity index (χ3v) is 1.64. The van der Waals surface area contributed by atoms with Gasteiger partial charge in [0.05, 0.1) is 19.6 Å². The van der Waals surface area contributed by atoms with Gasteiger partial charge in [-0.05, 0) is 0 Å². The Morgan fingerprint density at radius 1 is 1.80 bits per heavy atom. The van der Waals surface area contributed by atoms with Crippen LogP contribution in [-0.2, 0) is 14.3 Å². The molecule has 1 saturated heterocycles. The molecule has 4 nitrogen and oxygen atoms in total. The minimum atomic E-state index is -0.842. The molecule has 0 aliphatic carbocycles. The van der Waals surface area contributed by atoms with Crippen LogP contribution >= 0.6 is 0 Å². The lowest BCUT2D eigenvalue weighted by molar-refractivity contribution is -0.204. The van der Waals surface area contributed by atoms with E-state index >= 15 is 0 Å². The van der Waals surface area contributed by atoms with Crippen LogP contribution in [0.4, 0.5) is 0 Å². The maximum Gasteiger partial charge on any atom is 0.306 e. The molecule has 1 fully saturated rings. The predicted octanol–water partition coefficient (Wildman–Crippen LogP) is -0.124. The topological polar surface area (TPSA) is 55.8 Å². The highest BCUT2D eigenvalue weighted by atomic mass is 16.6. The van der Waals surface area contributed by atoms with E-state index in [4.69, 9.17) is 14.6 Å². The molecule has 0 spiro atoms. The molecule has 0 aromatic rings. The van der Waals surface area contributed by atoms with E-state index in [0.29, 0.717) is 13.2 Å². The molecule has 58 valence electrons. The average molecular weight is 146 g/mol. The number of carbonyl (C=O) groups is 1. The molecule has 1 aliphatic heterocycles. The Balaban J connectivity index is 2.40. The number of ether oxygens (including phenoxy) is 2. The Kier molecular flexibility index (Phi) is 1.92. The molecule has 0 atom stereocenters. The summed E-state index contributed by atoms with van der Waals surface area (Å²) >= 11 is 0. The lowest BCUT2D eigenvalue weighted by atomic mass is 9.98. The predicted molar refractivity (Wildman–Crippen MR) is 32.8 cm³/mol. The molecule has 0 aromatic heterocycles. The van der Waals surface area contributed by atoms with Crippen LogP contribution in [0.15, 0.2) is 0 Å². The minimum Gasteiger partial charge on any atom is -0.481 e. The third-order valence-electron chi connectivity index (χ3n) is 1.64. The van der Waals surface area contributed by atoms with Crippen molar-refractivity contribution in [2.75, 3.05) is 20.3 Å². The maximum atomic E-state index is 10.2. The Labute approximate surface area is 58.7 Å². The van der Waals surface area contributed by atoms with Crippen molar-refractivity contribution in [3.05, 3.63) is 0 Å². The Morgan fingerprint density at radius 2 is 2.40 bits per heavy atom. The van der Waals surface area contributed by atoms with Gasteiger partial charge in [-0.15, -0.1) is 0 Å². The van der Waals surface area contributed by atoms with E-state index in [-0.39, 0.29) is 6.42 Å². The molecule has 0 bridgehead atoms. The zero-order valence-electron chi connectivity index (χ0n) is 5.79. The van der Waals surface area contributed by atoms with Crippen molar-refractivity contribution in [2.45, 2.75) is 12.0 Å². The van der Waals surface area contributed by atoms with E-state index in [9.17, 15) is 4.79 Å². The van der Waals surface area contributed by atoms with Crippen molar-refractivity contribution in [3.8, 4) is 0 Å². The smallest absolute Gasteiger partial charge is 0.306 e. The molecular formula is C6H10O4. The van der Waals surface area contributed by atoms with Gasteiger partial charge in [-0.25, -0.2) is 0 Å². The molecule has 1 heterocycles. The quantitative estimate of drug-likeness (QED) is 0.603. The van der Waals surface area contributed by atoms with E-state index in [0.717, 1.165) is 0 Å². The van der Waals surface area contributed by atoms with Crippen LogP contribution in [-0.4, -0.2) is 37.0 Å². The van der Waals surface area contributed by atoms with Gasteiger partial charge in [0.15, 0.2) is 0 Å². The molecule has 0 aromatic carbocycles. The van der Waals surface area contributed by atoms with Gasteiger partial charge in [0.2, 0.25) is 0 Å². The highest BCUT2D eigenvalue weighted by molar-refractivity contribution is 5.68. The number of carboxylic acid groups (broad SMARTS) is 1. The van der Waals surface area contributed by atoms with Crippen LogP contribution in [0.2, 0.25) is 0 Å². The molecule has 0 amide bonds. The van der Waals surface area contributed by atoms with Gasteiger partial charge >= 0.3 is 5.97 Å². The second kappa shape index (κ2) is 2.56. The van der Waals surface area contributed by atoms with E-state index < -0.39 is 11.6 Å². The van der Waals surface area contributed by atoms with Gasteiger partial charge in [-0.3, -0.25) is 4.79 Å². The first kappa shape index (κ1) is 7.50. The lowest BCUT2D eigenvalue weighted by Crippen LogP contribution is -2.52. The summed E-state index contributed by atoms with van der Waals surface area (Å²) in [6, 6.07) is 0. The minimum absolute atomic E-state index is 0.0312. The van der Waals surface area contributed by atoms with Gasteiger partial charge in [-0.1, -0.05) is 0 Å². The second-order valence-electron chi connectivity index (χ2n) is 2.45. The summed E-state index contributed by atoms with van der Waals surface area (Å²) in [5.74, 6) is -0.842. The Bertz CT molecular complexity index is 133. The summed E-state index contributed by atoms with van der Waals surface area (Å²) in [6.45, 7) is 0.797. The number of hydrogen-bond donors (Lipinski definition) is 1. The molecule has 1 N–H and O–H groups in total. The normalized spacial score (nSPS) is 21.7. The van der Waals surface area contributed by atoms with E-state index in [1.807, 2.05) is 0 Å². The lowest BCUT2D eigenvalue weighted by Gasteiger charge is -2.38. The Morgan fingerprint density at radius 3 is 2.50 bits per heavy atom. The average Bonchev–Trinajstić information content (AvgIpc) is 1.78. The fourth-order valence-electron chi connectivity index (χ4n) is 0.897. The van der Waals surface area contributed by atoms with Crippen molar-refractivity contribution in [1.82, 2.24) is 0 Å². The zero-order valence-corrected chi connectivity index (χ0v) is 5.79. The van der Waals surface area contributed by atoms with Crippen LogP contribution in [0.25, 0.3) is 0 Å². The monoisotopic (exact) mass is 146 g/mol. The van der Waals surface area contributed by atoms with E-state index in [1.165, 1.54) is 7.11 Å². The van der Waals surface area contributed by atoms with Gasteiger partial charge in [0.1, 0.15) is 5.60 Å². The van der Waals surface area contributed by atoms with Gasteiger partial charge in [0.25, 0.3) is 0 Å². The summed E-state index contributed by atoms with van der Waals surface area (Å²) in [4.78, 5) is 10.2. The molecule has 10 heavy (non-hydrogen) atoms. The highest BCUT2D eigenvalue weighted by Crippen LogP contribution is 2.24. The summed E-state index contributed by atoms with van der Waals surface area (Å²) in [7, 11) is 1.51. The van der Waals surface area contributed by atoms with Crippen molar-refractivity contribution in [3.63, 3.8) is 0 Å². The van der Waals surface area contributed by atoms with Crippen molar-refractivity contribution in [2.24, 2.45) is 0 Å². The van der Waals surface area contributed by atoms with E-state index in [2.05, 4.69) is 0 Å². The third kappa shape index (κ3) is 1.27.